The van der Waals surface area contributed by atoms with Crippen molar-refractivity contribution in [1.82, 2.24) is 25.1 Å². The van der Waals surface area contributed by atoms with Crippen LogP contribution in [0.15, 0.2) is 18.7 Å². The van der Waals surface area contributed by atoms with Gasteiger partial charge in [-0.3, -0.25) is 5.10 Å². The summed E-state index contributed by atoms with van der Waals surface area (Å²) in [7, 11) is 0. The van der Waals surface area contributed by atoms with E-state index in [1.54, 1.807) is 6.07 Å². The van der Waals surface area contributed by atoms with Gasteiger partial charge in [0.2, 0.25) is 0 Å². The monoisotopic (exact) mass is 191 g/mol. The Kier molecular flexibility index (Phi) is 2.22. The van der Waals surface area contributed by atoms with Gasteiger partial charge in [-0.15, -0.1) is 0 Å². The second kappa shape index (κ2) is 3.69. The molecular formula is C7H9N7. The molecule has 2 aromatic rings. The lowest BCUT2D eigenvalue weighted by atomic mass is 10.5. The number of aromatic amines is 1. The fourth-order valence-corrected chi connectivity index (χ4v) is 0.959. The van der Waals surface area contributed by atoms with Crippen LogP contribution >= 0.6 is 0 Å². The lowest BCUT2D eigenvalue weighted by Crippen LogP contribution is -2.04. The molecule has 0 saturated heterocycles. The molecule has 0 aliphatic heterocycles. The maximum atomic E-state index is 5.48. The molecule has 2 heterocycles. The average molecular weight is 191 g/mol. The quantitative estimate of drug-likeness (QED) is 0.619. The van der Waals surface area contributed by atoms with Crippen molar-refractivity contribution in [2.24, 2.45) is 0 Å². The van der Waals surface area contributed by atoms with Crippen LogP contribution in [0.25, 0.3) is 0 Å². The molecule has 0 spiro atoms. The van der Waals surface area contributed by atoms with E-state index in [0.29, 0.717) is 18.2 Å². The molecule has 0 fully saturated rings. The first-order valence-corrected chi connectivity index (χ1v) is 4.00. The van der Waals surface area contributed by atoms with Gasteiger partial charge in [0.05, 0.1) is 6.54 Å². The minimum atomic E-state index is 0.431. The number of nitrogen functional groups attached to an aromatic ring is 1. The Morgan fingerprint density at radius 3 is 2.93 bits per heavy atom. The number of rotatable bonds is 3. The van der Waals surface area contributed by atoms with Crippen molar-refractivity contribution in [3.05, 3.63) is 24.5 Å². The molecule has 0 radical (unpaired) electrons. The van der Waals surface area contributed by atoms with Gasteiger partial charge in [-0.05, 0) is 0 Å². The molecule has 4 N–H and O–H groups in total. The van der Waals surface area contributed by atoms with Crippen LogP contribution in [0.2, 0.25) is 0 Å². The number of hydrogen-bond acceptors (Lipinski definition) is 6. The second-order valence-electron chi connectivity index (χ2n) is 2.61. The molecule has 2 aromatic heterocycles. The first kappa shape index (κ1) is 8.42. The van der Waals surface area contributed by atoms with Crippen LogP contribution in [0, 0.1) is 0 Å². The van der Waals surface area contributed by atoms with Gasteiger partial charge >= 0.3 is 0 Å². The van der Waals surface area contributed by atoms with Crippen LogP contribution in [-0.2, 0) is 6.54 Å². The summed E-state index contributed by atoms with van der Waals surface area (Å²) in [5, 5.41) is 9.47. The lowest BCUT2D eigenvalue weighted by Gasteiger charge is -2.02. The smallest absolute Gasteiger partial charge is 0.143 e. The number of hydrogen-bond donors (Lipinski definition) is 3. The van der Waals surface area contributed by atoms with E-state index in [9.17, 15) is 0 Å². The van der Waals surface area contributed by atoms with Gasteiger partial charge < -0.3 is 11.1 Å². The van der Waals surface area contributed by atoms with Gasteiger partial charge in [0.15, 0.2) is 0 Å². The van der Waals surface area contributed by atoms with Gasteiger partial charge in [0.25, 0.3) is 0 Å². The van der Waals surface area contributed by atoms with Crippen LogP contribution in [0.3, 0.4) is 0 Å². The Morgan fingerprint density at radius 1 is 1.29 bits per heavy atom. The highest BCUT2D eigenvalue weighted by molar-refractivity contribution is 5.43. The van der Waals surface area contributed by atoms with E-state index >= 15 is 0 Å². The van der Waals surface area contributed by atoms with Gasteiger partial charge in [-0.25, -0.2) is 15.0 Å². The topological polar surface area (TPSA) is 105 Å². The summed E-state index contributed by atoms with van der Waals surface area (Å²) in [5.74, 6) is 1.83. The van der Waals surface area contributed by atoms with E-state index in [1.807, 2.05) is 0 Å². The van der Waals surface area contributed by atoms with E-state index in [0.717, 1.165) is 5.82 Å². The summed E-state index contributed by atoms with van der Waals surface area (Å²) < 4.78 is 0. The van der Waals surface area contributed by atoms with Crippen LogP contribution in [0.5, 0.6) is 0 Å². The largest absolute Gasteiger partial charge is 0.384 e. The molecule has 0 aromatic carbocycles. The zero-order valence-electron chi connectivity index (χ0n) is 7.31. The fourth-order valence-electron chi connectivity index (χ4n) is 0.959. The van der Waals surface area contributed by atoms with Crippen molar-refractivity contribution in [2.45, 2.75) is 6.54 Å². The van der Waals surface area contributed by atoms with Crippen molar-refractivity contribution in [2.75, 3.05) is 11.1 Å². The van der Waals surface area contributed by atoms with Gasteiger partial charge in [-0.2, -0.15) is 5.10 Å². The molecule has 0 saturated carbocycles. The predicted octanol–water partition coefficient (Wildman–Crippen LogP) is -0.211. The maximum Gasteiger partial charge on any atom is 0.143 e. The van der Waals surface area contributed by atoms with E-state index < -0.39 is 0 Å². The maximum absolute atomic E-state index is 5.48. The van der Waals surface area contributed by atoms with Crippen LogP contribution in [0.1, 0.15) is 5.82 Å². The molecule has 2 rings (SSSR count). The normalized spacial score (nSPS) is 10.0. The highest BCUT2D eigenvalue weighted by atomic mass is 15.2. The Bertz CT molecular complexity index is 396. The summed E-state index contributed by atoms with van der Waals surface area (Å²) in [5.41, 5.74) is 5.48. The number of aromatic nitrogens is 5. The number of nitrogens with two attached hydrogens (primary N) is 1. The highest BCUT2D eigenvalue weighted by Gasteiger charge is 1.97. The zero-order valence-corrected chi connectivity index (χ0v) is 7.31. The van der Waals surface area contributed by atoms with E-state index in [-0.39, 0.29) is 0 Å². The Hall–Kier alpha value is -2.18. The summed E-state index contributed by atoms with van der Waals surface area (Å²) in [6.45, 7) is 0.524. The van der Waals surface area contributed by atoms with Gasteiger partial charge in [0, 0.05) is 6.07 Å². The lowest BCUT2D eigenvalue weighted by molar-refractivity contribution is 0.945. The van der Waals surface area contributed by atoms with E-state index in [2.05, 4.69) is 30.5 Å². The van der Waals surface area contributed by atoms with E-state index in [4.69, 9.17) is 5.73 Å². The number of H-pyrrole nitrogens is 1. The van der Waals surface area contributed by atoms with Crippen LogP contribution in [-0.4, -0.2) is 25.1 Å². The van der Waals surface area contributed by atoms with Crippen molar-refractivity contribution in [3.63, 3.8) is 0 Å². The first-order valence-electron chi connectivity index (χ1n) is 4.00. The van der Waals surface area contributed by atoms with Crippen LogP contribution in [0.4, 0.5) is 11.6 Å². The zero-order chi connectivity index (χ0) is 9.80. The first-order chi connectivity index (χ1) is 6.84. The highest BCUT2D eigenvalue weighted by Crippen LogP contribution is 2.05. The molecule has 72 valence electrons. The molecule has 0 atom stereocenters. The minimum Gasteiger partial charge on any atom is -0.384 e. The average Bonchev–Trinajstić information content (AvgIpc) is 2.67. The van der Waals surface area contributed by atoms with Crippen molar-refractivity contribution >= 4 is 11.6 Å². The van der Waals surface area contributed by atoms with Gasteiger partial charge in [-0.1, -0.05) is 0 Å². The third kappa shape index (κ3) is 1.94. The third-order valence-corrected chi connectivity index (χ3v) is 1.59. The van der Waals surface area contributed by atoms with Crippen LogP contribution < -0.4 is 11.1 Å². The van der Waals surface area contributed by atoms with Crippen molar-refractivity contribution in [1.29, 1.82) is 0 Å². The predicted molar refractivity (Wildman–Crippen MR) is 50.2 cm³/mol. The summed E-state index contributed by atoms with van der Waals surface area (Å²) >= 11 is 0. The molecule has 7 nitrogen and oxygen atoms in total. The molecule has 0 bridgehead atoms. The molecule has 14 heavy (non-hydrogen) atoms. The minimum absolute atomic E-state index is 0.431. The molecule has 0 aliphatic carbocycles. The second-order valence-corrected chi connectivity index (χ2v) is 2.61. The SMILES string of the molecule is Nc1cc(NCc2ncn[nH]2)ncn1. The third-order valence-electron chi connectivity index (χ3n) is 1.59. The van der Waals surface area contributed by atoms with E-state index in [1.165, 1.54) is 12.7 Å². The fraction of sp³-hybridized carbons (Fsp3) is 0.143. The molecule has 0 amide bonds. The molecule has 7 heteroatoms. The Morgan fingerprint density at radius 2 is 2.21 bits per heavy atom. The number of anilines is 2. The Balaban J connectivity index is 1.98. The van der Waals surface area contributed by atoms with Crippen molar-refractivity contribution in [3.8, 4) is 0 Å². The summed E-state index contributed by atoms with van der Waals surface area (Å²) in [4.78, 5) is 11.7. The summed E-state index contributed by atoms with van der Waals surface area (Å²) in [6, 6.07) is 1.65. The molecular weight excluding hydrogens is 182 g/mol. The standard InChI is InChI=1S/C7H9N7/c8-5-1-6(11-3-10-5)9-2-7-12-4-13-14-7/h1,3-4H,2H2,(H,12,13,14)(H3,8,9,10,11). The molecule has 0 unspecified atom stereocenters. The van der Waals surface area contributed by atoms with Crippen molar-refractivity contribution < 1.29 is 0 Å². The summed E-state index contributed by atoms with van der Waals surface area (Å²) in [6.07, 6.45) is 2.85. The van der Waals surface area contributed by atoms with Gasteiger partial charge in [0.1, 0.15) is 30.1 Å². The molecule has 0 aliphatic rings. The number of nitrogens with one attached hydrogen (secondary N) is 2. The Labute approximate surface area is 79.8 Å². The number of nitrogens with zero attached hydrogens (tertiary/aromatic N) is 4.